The van der Waals surface area contributed by atoms with Crippen molar-refractivity contribution in [2.45, 2.75) is 25.3 Å². The highest BCUT2D eigenvalue weighted by atomic mass is 19.1. The fourth-order valence-corrected chi connectivity index (χ4v) is 3.78. The molecule has 3 N–H and O–H groups in total. The second-order valence-electron chi connectivity index (χ2n) is 7.43. The van der Waals surface area contributed by atoms with E-state index in [0.29, 0.717) is 11.4 Å². The lowest BCUT2D eigenvalue weighted by Gasteiger charge is -2.12. The zero-order valence-electron chi connectivity index (χ0n) is 16.8. The molecule has 9 nitrogen and oxygen atoms in total. The van der Waals surface area contributed by atoms with E-state index in [-0.39, 0.29) is 41.8 Å². The maximum Gasteiger partial charge on any atom is 0.316 e. The molecule has 5 rings (SSSR count). The lowest BCUT2D eigenvalue weighted by Crippen LogP contribution is -2.27. The van der Waals surface area contributed by atoms with E-state index in [2.05, 4.69) is 36.5 Å². The molecule has 2 aromatic carbocycles. The third-order valence-corrected chi connectivity index (χ3v) is 5.21. The minimum absolute atomic E-state index is 0.0107. The van der Waals surface area contributed by atoms with Crippen LogP contribution >= 0.6 is 0 Å². The summed E-state index contributed by atoms with van der Waals surface area (Å²) in [6.45, 7) is 0. The van der Waals surface area contributed by atoms with Crippen LogP contribution in [0.1, 0.15) is 45.7 Å². The standard InChI is InChI=1S/C22H18FN7O2/c23-14-6-3-4-12(10-14)11-17-26-18(29-22(24)27-17)19-28-21(32-30-19)20(31)25-16-9-8-13-5-1-2-7-15(13)16/h1-7,10,16H,8-9,11H2,(H,25,31)(H2,24,26,27,29). The number of aromatic nitrogens is 5. The lowest BCUT2D eigenvalue weighted by molar-refractivity contribution is 0.0892. The highest BCUT2D eigenvalue weighted by molar-refractivity contribution is 5.90. The van der Waals surface area contributed by atoms with Gasteiger partial charge in [-0.2, -0.15) is 15.0 Å². The molecule has 1 aliphatic carbocycles. The van der Waals surface area contributed by atoms with Crippen LogP contribution in [0.25, 0.3) is 11.6 Å². The fraction of sp³-hybridized carbons (Fsp3) is 0.182. The molecule has 4 aromatic rings. The lowest BCUT2D eigenvalue weighted by atomic mass is 10.1. The molecule has 0 bridgehead atoms. The number of nitrogen functional groups attached to an aromatic ring is 1. The summed E-state index contributed by atoms with van der Waals surface area (Å²) in [7, 11) is 0. The van der Waals surface area contributed by atoms with Crippen molar-refractivity contribution in [3.8, 4) is 11.6 Å². The van der Waals surface area contributed by atoms with Gasteiger partial charge >= 0.3 is 11.8 Å². The topological polar surface area (TPSA) is 133 Å². The summed E-state index contributed by atoms with van der Waals surface area (Å²) in [6.07, 6.45) is 1.94. The normalized spacial score (nSPS) is 14.8. The Labute approximate surface area is 181 Å². The highest BCUT2D eigenvalue weighted by Crippen LogP contribution is 2.30. The van der Waals surface area contributed by atoms with E-state index in [4.69, 9.17) is 10.3 Å². The minimum Gasteiger partial charge on any atom is -0.368 e. The van der Waals surface area contributed by atoms with Gasteiger partial charge in [0.25, 0.3) is 0 Å². The summed E-state index contributed by atoms with van der Waals surface area (Å²) < 4.78 is 18.6. The Bertz CT molecular complexity index is 1310. The van der Waals surface area contributed by atoms with E-state index in [1.807, 2.05) is 18.2 Å². The molecule has 1 unspecified atom stereocenters. The first-order valence-corrected chi connectivity index (χ1v) is 10.0. The van der Waals surface area contributed by atoms with Gasteiger partial charge in [-0.05, 0) is 41.7 Å². The molecular weight excluding hydrogens is 413 g/mol. The van der Waals surface area contributed by atoms with Gasteiger partial charge in [-0.3, -0.25) is 4.79 Å². The predicted molar refractivity (Wildman–Crippen MR) is 112 cm³/mol. The molecule has 0 spiro atoms. The SMILES string of the molecule is Nc1nc(Cc2cccc(F)c2)nc(-c2noc(C(=O)NC3CCc4ccccc43)n2)n1. The Kier molecular flexibility index (Phi) is 5.02. The van der Waals surface area contributed by atoms with Crippen LogP contribution in [-0.2, 0) is 12.8 Å². The van der Waals surface area contributed by atoms with Crippen molar-refractivity contribution >= 4 is 11.9 Å². The average Bonchev–Trinajstić information content (AvgIpc) is 3.41. The maximum absolute atomic E-state index is 13.5. The summed E-state index contributed by atoms with van der Waals surface area (Å²) in [5, 5.41) is 6.74. The first-order valence-electron chi connectivity index (χ1n) is 10.0. The number of hydrogen-bond donors (Lipinski definition) is 2. The first kappa shape index (κ1) is 19.7. The third kappa shape index (κ3) is 4.02. The molecule has 0 aliphatic heterocycles. The number of anilines is 1. The van der Waals surface area contributed by atoms with Crippen LogP contribution in [0.2, 0.25) is 0 Å². The summed E-state index contributed by atoms with van der Waals surface area (Å²) in [5.41, 5.74) is 8.78. The number of carbonyl (C=O) groups excluding carboxylic acids is 1. The van der Waals surface area contributed by atoms with E-state index in [1.54, 1.807) is 12.1 Å². The van der Waals surface area contributed by atoms with Gasteiger partial charge in [0.1, 0.15) is 11.6 Å². The zero-order valence-corrected chi connectivity index (χ0v) is 16.8. The Morgan fingerprint density at radius 1 is 1.09 bits per heavy atom. The van der Waals surface area contributed by atoms with Gasteiger partial charge in [-0.1, -0.05) is 41.6 Å². The van der Waals surface area contributed by atoms with Crippen molar-refractivity contribution in [3.63, 3.8) is 0 Å². The van der Waals surface area contributed by atoms with E-state index >= 15 is 0 Å². The van der Waals surface area contributed by atoms with Gasteiger partial charge < -0.3 is 15.6 Å². The van der Waals surface area contributed by atoms with Crippen LogP contribution in [0, 0.1) is 5.82 Å². The van der Waals surface area contributed by atoms with Crippen molar-refractivity contribution in [3.05, 3.63) is 82.8 Å². The molecule has 2 heterocycles. The Hall–Kier alpha value is -4.21. The van der Waals surface area contributed by atoms with Crippen LogP contribution in [0.15, 0.2) is 53.1 Å². The van der Waals surface area contributed by atoms with Gasteiger partial charge in [0.2, 0.25) is 17.6 Å². The Morgan fingerprint density at radius 3 is 2.84 bits per heavy atom. The van der Waals surface area contributed by atoms with Crippen molar-refractivity contribution in [2.75, 3.05) is 5.73 Å². The van der Waals surface area contributed by atoms with Gasteiger partial charge in [0, 0.05) is 6.42 Å². The van der Waals surface area contributed by atoms with E-state index in [9.17, 15) is 9.18 Å². The molecule has 2 aromatic heterocycles. The monoisotopic (exact) mass is 431 g/mol. The fourth-order valence-electron chi connectivity index (χ4n) is 3.78. The number of nitrogens with zero attached hydrogens (tertiary/aromatic N) is 5. The van der Waals surface area contributed by atoms with Gasteiger partial charge in [-0.25, -0.2) is 9.37 Å². The van der Waals surface area contributed by atoms with Crippen molar-refractivity contribution in [1.29, 1.82) is 0 Å². The molecule has 0 fully saturated rings. The number of hydrogen-bond acceptors (Lipinski definition) is 8. The number of nitrogens with two attached hydrogens (primary N) is 1. The van der Waals surface area contributed by atoms with Crippen LogP contribution in [0.5, 0.6) is 0 Å². The van der Waals surface area contributed by atoms with E-state index in [0.717, 1.165) is 18.4 Å². The first-order chi connectivity index (χ1) is 15.5. The largest absolute Gasteiger partial charge is 0.368 e. The molecule has 1 amide bonds. The number of aryl methyl sites for hydroxylation is 1. The summed E-state index contributed by atoms with van der Waals surface area (Å²) in [4.78, 5) is 29.2. The van der Waals surface area contributed by atoms with E-state index < -0.39 is 5.91 Å². The number of benzene rings is 2. The highest BCUT2D eigenvalue weighted by Gasteiger charge is 2.26. The van der Waals surface area contributed by atoms with Crippen molar-refractivity contribution < 1.29 is 13.7 Å². The molecule has 1 aliphatic rings. The van der Waals surface area contributed by atoms with Gasteiger partial charge in [-0.15, -0.1) is 0 Å². The van der Waals surface area contributed by atoms with Crippen molar-refractivity contribution in [2.24, 2.45) is 0 Å². The van der Waals surface area contributed by atoms with Crippen molar-refractivity contribution in [1.82, 2.24) is 30.4 Å². The molecule has 160 valence electrons. The van der Waals surface area contributed by atoms with Crippen LogP contribution in [0.4, 0.5) is 10.3 Å². The summed E-state index contributed by atoms with van der Waals surface area (Å²) in [6, 6.07) is 14.0. The zero-order chi connectivity index (χ0) is 22.1. The third-order valence-electron chi connectivity index (χ3n) is 5.21. The molecule has 0 saturated heterocycles. The number of rotatable bonds is 5. The van der Waals surface area contributed by atoms with Crippen LogP contribution in [0.3, 0.4) is 0 Å². The summed E-state index contributed by atoms with van der Waals surface area (Å²) in [5.74, 6) is -0.684. The molecule has 32 heavy (non-hydrogen) atoms. The molecule has 0 saturated carbocycles. The smallest absolute Gasteiger partial charge is 0.316 e. The molecule has 1 atom stereocenters. The Morgan fingerprint density at radius 2 is 1.97 bits per heavy atom. The van der Waals surface area contributed by atoms with Gasteiger partial charge in [0.05, 0.1) is 6.04 Å². The minimum atomic E-state index is -0.479. The maximum atomic E-state index is 13.5. The van der Waals surface area contributed by atoms with Crippen LogP contribution in [-0.4, -0.2) is 31.0 Å². The van der Waals surface area contributed by atoms with E-state index in [1.165, 1.54) is 17.7 Å². The van der Waals surface area contributed by atoms with Gasteiger partial charge in [0.15, 0.2) is 0 Å². The molecular formula is C22H18FN7O2. The Balaban J connectivity index is 1.34. The number of carbonyl (C=O) groups is 1. The number of halogens is 1. The number of amides is 1. The average molecular weight is 431 g/mol. The molecule has 0 radical (unpaired) electrons. The second-order valence-corrected chi connectivity index (χ2v) is 7.43. The predicted octanol–water partition coefficient (Wildman–Crippen LogP) is 2.65. The second kappa shape index (κ2) is 8.14. The molecule has 10 heteroatoms. The van der Waals surface area contributed by atoms with Crippen LogP contribution < -0.4 is 11.1 Å². The quantitative estimate of drug-likeness (QED) is 0.493. The number of nitrogens with one attached hydrogen (secondary N) is 1. The number of fused-ring (bicyclic) bond motifs is 1. The summed E-state index contributed by atoms with van der Waals surface area (Å²) >= 11 is 0.